The van der Waals surface area contributed by atoms with Crippen LogP contribution in [-0.4, -0.2) is 15.7 Å². The predicted molar refractivity (Wildman–Crippen MR) is 67.2 cm³/mol. The van der Waals surface area contributed by atoms with Gasteiger partial charge in [-0.2, -0.15) is 0 Å². The van der Waals surface area contributed by atoms with Gasteiger partial charge < -0.3 is 4.74 Å². The molecule has 3 unspecified atom stereocenters. The van der Waals surface area contributed by atoms with Crippen LogP contribution >= 0.6 is 0 Å². The van der Waals surface area contributed by atoms with Crippen molar-refractivity contribution in [1.82, 2.24) is 9.55 Å². The van der Waals surface area contributed by atoms with Gasteiger partial charge in [-0.25, -0.2) is 4.79 Å². The Bertz CT molecular complexity index is 593. The Labute approximate surface area is 105 Å². The van der Waals surface area contributed by atoms with Crippen molar-refractivity contribution in [3.8, 4) is 12.3 Å². The van der Waals surface area contributed by atoms with Crippen molar-refractivity contribution in [2.75, 3.05) is 0 Å². The first-order chi connectivity index (χ1) is 8.56. The molecule has 0 radical (unpaired) electrons. The number of aromatic nitrogens is 2. The van der Waals surface area contributed by atoms with Gasteiger partial charge in [-0.3, -0.25) is 14.3 Å². The van der Waals surface area contributed by atoms with Crippen molar-refractivity contribution < 1.29 is 4.74 Å². The molecule has 1 aliphatic heterocycles. The molecule has 3 atom stereocenters. The molecule has 5 nitrogen and oxygen atoms in total. The summed E-state index contributed by atoms with van der Waals surface area (Å²) in [7, 11) is 0. The molecule has 18 heavy (non-hydrogen) atoms. The summed E-state index contributed by atoms with van der Waals surface area (Å²) in [5.41, 5.74) is -0.865. The second-order valence-electron chi connectivity index (χ2n) is 4.60. The van der Waals surface area contributed by atoms with Crippen LogP contribution in [0.25, 0.3) is 0 Å². The van der Waals surface area contributed by atoms with E-state index in [2.05, 4.69) is 17.8 Å². The molecule has 1 aromatic heterocycles. The van der Waals surface area contributed by atoms with Crippen LogP contribution < -0.4 is 11.2 Å². The zero-order valence-corrected chi connectivity index (χ0v) is 10.5. The van der Waals surface area contributed by atoms with Crippen LogP contribution in [0.4, 0.5) is 0 Å². The van der Waals surface area contributed by atoms with E-state index in [4.69, 9.17) is 11.2 Å². The van der Waals surface area contributed by atoms with Crippen LogP contribution in [0.15, 0.2) is 15.8 Å². The minimum Gasteiger partial charge on any atom is -0.354 e. The Morgan fingerprint density at radius 2 is 2.33 bits per heavy atom. The molecular weight excluding hydrogens is 233 g/mol. The van der Waals surface area contributed by atoms with Gasteiger partial charge in [-0.15, -0.1) is 6.42 Å². The molecule has 1 saturated heterocycles. The van der Waals surface area contributed by atoms with Gasteiger partial charge in [0.15, 0.2) is 0 Å². The van der Waals surface area contributed by atoms with Gasteiger partial charge >= 0.3 is 5.69 Å². The Kier molecular flexibility index (Phi) is 3.39. The van der Waals surface area contributed by atoms with Gasteiger partial charge in [-0.05, 0) is 18.8 Å². The van der Waals surface area contributed by atoms with Crippen LogP contribution in [0, 0.1) is 18.3 Å². The molecule has 0 aliphatic carbocycles. The largest absolute Gasteiger partial charge is 0.354 e. The molecule has 1 aromatic rings. The Morgan fingerprint density at radius 1 is 1.61 bits per heavy atom. The highest BCUT2D eigenvalue weighted by atomic mass is 16.5. The molecule has 0 aromatic carbocycles. The maximum atomic E-state index is 11.8. The quantitative estimate of drug-likeness (QED) is 0.624. The summed E-state index contributed by atoms with van der Waals surface area (Å²) in [5.74, 6) is 2.65. The van der Waals surface area contributed by atoms with Crippen molar-refractivity contribution in [3.05, 3.63) is 32.6 Å². The normalized spacial score (nSPS) is 27.1. The lowest BCUT2D eigenvalue weighted by atomic mass is 10.0. The monoisotopic (exact) mass is 249 g/mol. The lowest BCUT2D eigenvalue weighted by molar-refractivity contribution is -0.00762. The molecule has 2 heterocycles. The van der Waals surface area contributed by atoms with Crippen molar-refractivity contribution in [2.45, 2.75) is 39.0 Å². The fourth-order valence-electron chi connectivity index (χ4n) is 2.34. The van der Waals surface area contributed by atoms with Crippen molar-refractivity contribution in [1.29, 1.82) is 0 Å². The van der Waals surface area contributed by atoms with E-state index in [-0.39, 0.29) is 17.9 Å². The van der Waals surface area contributed by atoms with Gasteiger partial charge in [0.1, 0.15) is 11.8 Å². The third-order valence-electron chi connectivity index (χ3n) is 3.38. The number of hydrogen-bond donors (Lipinski definition) is 1. The molecule has 0 saturated carbocycles. The summed E-state index contributed by atoms with van der Waals surface area (Å²) < 4.78 is 7.18. The standard InChI is InChI=1S/C13H16N2O3/c1-4-9-7-15(13(17)14-12(9)16)11-6-8(3)10(5-2)18-11/h1,7-8,10-11H,5-6H2,2-3H3,(H,14,16,17)/i4+1. The molecule has 0 spiro atoms. The van der Waals surface area contributed by atoms with E-state index >= 15 is 0 Å². The number of hydrogen-bond acceptors (Lipinski definition) is 3. The summed E-state index contributed by atoms with van der Waals surface area (Å²) in [6.07, 6.45) is 8.06. The van der Waals surface area contributed by atoms with Gasteiger partial charge in [0.25, 0.3) is 5.56 Å². The van der Waals surface area contributed by atoms with E-state index in [0.717, 1.165) is 12.8 Å². The number of ether oxygens (including phenoxy) is 1. The van der Waals surface area contributed by atoms with Crippen LogP contribution in [0.2, 0.25) is 0 Å². The highest BCUT2D eigenvalue weighted by Crippen LogP contribution is 2.33. The molecule has 96 valence electrons. The molecular formula is C13H16N2O3. The number of nitrogens with one attached hydrogen (secondary N) is 1. The smallest absolute Gasteiger partial charge is 0.330 e. The number of rotatable bonds is 2. The van der Waals surface area contributed by atoms with E-state index in [1.165, 1.54) is 10.8 Å². The number of terminal acetylenes is 1. The van der Waals surface area contributed by atoms with Crippen LogP contribution in [0.3, 0.4) is 0 Å². The van der Waals surface area contributed by atoms with E-state index < -0.39 is 11.2 Å². The zero-order chi connectivity index (χ0) is 13.3. The highest BCUT2D eigenvalue weighted by molar-refractivity contribution is 5.26. The molecule has 1 fully saturated rings. The molecule has 2 rings (SSSR count). The average molecular weight is 249 g/mol. The van der Waals surface area contributed by atoms with E-state index in [1.807, 2.05) is 6.92 Å². The van der Waals surface area contributed by atoms with E-state index in [0.29, 0.717) is 5.92 Å². The second-order valence-corrected chi connectivity index (χ2v) is 4.60. The summed E-state index contributed by atoms with van der Waals surface area (Å²) in [5, 5.41) is 0. The van der Waals surface area contributed by atoms with Crippen LogP contribution in [0.5, 0.6) is 0 Å². The summed E-state index contributed by atoms with van der Waals surface area (Å²) in [6, 6.07) is 0. The second kappa shape index (κ2) is 4.83. The third-order valence-corrected chi connectivity index (χ3v) is 3.38. The third kappa shape index (κ3) is 2.12. The van der Waals surface area contributed by atoms with Crippen molar-refractivity contribution >= 4 is 0 Å². The molecule has 0 bridgehead atoms. The first kappa shape index (κ1) is 12.7. The molecule has 1 N–H and O–H groups in total. The minimum atomic E-state index is -0.531. The maximum Gasteiger partial charge on any atom is 0.330 e. The fraction of sp³-hybridized carbons (Fsp3) is 0.538. The number of nitrogens with zero attached hydrogens (tertiary/aromatic N) is 1. The first-order valence-corrected chi connectivity index (χ1v) is 6.04. The van der Waals surface area contributed by atoms with Crippen molar-refractivity contribution in [2.24, 2.45) is 5.92 Å². The van der Waals surface area contributed by atoms with Crippen LogP contribution in [-0.2, 0) is 4.74 Å². The highest BCUT2D eigenvalue weighted by Gasteiger charge is 2.32. The SMILES string of the molecule is C#[13C]c1cn(C2CC(C)C(CC)O2)c(=O)[nH]c1=O. The topological polar surface area (TPSA) is 64.1 Å². The molecule has 1 aliphatic rings. The summed E-state index contributed by atoms with van der Waals surface area (Å²) in [6.45, 7) is 4.14. The predicted octanol–water partition coefficient (Wildman–Crippen LogP) is 0.851. The fourth-order valence-corrected chi connectivity index (χ4v) is 2.34. The summed E-state index contributed by atoms with van der Waals surface area (Å²) in [4.78, 5) is 25.3. The molecule has 0 amide bonds. The maximum absolute atomic E-state index is 11.8. The average Bonchev–Trinajstić information content (AvgIpc) is 2.70. The van der Waals surface area contributed by atoms with Gasteiger partial charge in [0.2, 0.25) is 0 Å². The van der Waals surface area contributed by atoms with Gasteiger partial charge in [0.05, 0.1) is 6.10 Å². The Morgan fingerprint density at radius 3 is 2.89 bits per heavy atom. The van der Waals surface area contributed by atoms with Crippen LogP contribution in [0.1, 0.15) is 38.5 Å². The van der Waals surface area contributed by atoms with Crippen molar-refractivity contribution in [3.63, 3.8) is 0 Å². The van der Waals surface area contributed by atoms with Gasteiger partial charge in [0, 0.05) is 6.20 Å². The summed E-state index contributed by atoms with van der Waals surface area (Å²) >= 11 is 0. The van der Waals surface area contributed by atoms with E-state index in [1.54, 1.807) is 0 Å². The first-order valence-electron chi connectivity index (χ1n) is 6.04. The Hall–Kier alpha value is -1.80. The van der Waals surface area contributed by atoms with Gasteiger partial charge in [-0.1, -0.05) is 19.8 Å². The molecule has 5 heteroatoms. The zero-order valence-electron chi connectivity index (χ0n) is 10.5. The lowest BCUT2D eigenvalue weighted by Gasteiger charge is -2.15. The lowest BCUT2D eigenvalue weighted by Crippen LogP contribution is -2.33. The Balaban J connectivity index is 2.39. The van der Waals surface area contributed by atoms with E-state index in [9.17, 15) is 9.59 Å². The number of aromatic amines is 1. The minimum absolute atomic E-state index is 0.142. The number of H-pyrrole nitrogens is 1.